The molecule has 0 fully saturated rings. The second kappa shape index (κ2) is 7.99. The monoisotopic (exact) mass is 362 g/mol. The first-order chi connectivity index (χ1) is 13.0. The minimum absolute atomic E-state index is 0.296. The summed E-state index contributed by atoms with van der Waals surface area (Å²) in [6.45, 7) is 3.89. The summed E-state index contributed by atoms with van der Waals surface area (Å²) < 4.78 is 1.49. The van der Waals surface area contributed by atoms with Gasteiger partial charge in [-0.1, -0.05) is 43.7 Å². The van der Waals surface area contributed by atoms with E-state index in [4.69, 9.17) is 0 Å². The van der Waals surface area contributed by atoms with Gasteiger partial charge < -0.3 is 5.11 Å². The number of carboxylic acids is 1. The number of benzene rings is 2. The van der Waals surface area contributed by atoms with Crippen molar-refractivity contribution < 1.29 is 9.90 Å². The molecule has 27 heavy (non-hydrogen) atoms. The minimum Gasteiger partial charge on any atom is -0.478 e. The van der Waals surface area contributed by atoms with Gasteiger partial charge in [-0.3, -0.25) is 4.57 Å². The Morgan fingerprint density at radius 2 is 1.85 bits per heavy atom. The van der Waals surface area contributed by atoms with Crippen molar-refractivity contribution in [2.75, 3.05) is 0 Å². The van der Waals surface area contributed by atoms with Crippen LogP contribution in [0.3, 0.4) is 0 Å². The summed E-state index contributed by atoms with van der Waals surface area (Å²) >= 11 is 0. The normalized spacial score (nSPS) is 10.7. The summed E-state index contributed by atoms with van der Waals surface area (Å²) in [7, 11) is 0. The van der Waals surface area contributed by atoms with Crippen molar-refractivity contribution in [3.63, 3.8) is 0 Å². The molecule has 1 aromatic heterocycles. The molecule has 0 bridgehead atoms. The highest BCUT2D eigenvalue weighted by molar-refractivity contribution is 5.97. The van der Waals surface area contributed by atoms with Crippen LogP contribution in [-0.2, 0) is 6.42 Å². The molecular formula is C22H22N2O3. The number of nitrogens with zero attached hydrogens (tertiary/aromatic N) is 2. The quantitative estimate of drug-likeness (QED) is 0.711. The van der Waals surface area contributed by atoms with E-state index in [0.29, 0.717) is 22.4 Å². The highest BCUT2D eigenvalue weighted by atomic mass is 16.4. The van der Waals surface area contributed by atoms with Crippen LogP contribution in [-0.4, -0.2) is 20.6 Å². The Morgan fingerprint density at radius 1 is 1.11 bits per heavy atom. The fraction of sp³-hybridized carbons (Fsp3) is 0.227. The predicted octanol–water partition coefficient (Wildman–Crippen LogP) is 4.25. The Bertz CT molecular complexity index is 1020. The fourth-order valence-electron chi connectivity index (χ4n) is 3.13. The number of hydrogen-bond acceptors (Lipinski definition) is 3. The van der Waals surface area contributed by atoms with Crippen LogP contribution in [0, 0.1) is 6.92 Å². The van der Waals surface area contributed by atoms with E-state index in [1.54, 1.807) is 37.4 Å². The molecular weight excluding hydrogens is 340 g/mol. The van der Waals surface area contributed by atoms with Crippen LogP contribution >= 0.6 is 0 Å². The fourth-order valence-corrected chi connectivity index (χ4v) is 3.13. The molecule has 0 aliphatic rings. The Kier molecular flexibility index (Phi) is 5.50. The Labute approximate surface area is 158 Å². The summed E-state index contributed by atoms with van der Waals surface area (Å²) in [6.07, 6.45) is 4.61. The molecule has 0 radical (unpaired) electrons. The van der Waals surface area contributed by atoms with Crippen LogP contribution in [0.15, 0.2) is 59.5 Å². The maximum Gasteiger partial charge on any atom is 0.352 e. The zero-order chi connectivity index (χ0) is 19.4. The maximum atomic E-state index is 12.3. The van der Waals surface area contributed by atoms with Gasteiger partial charge in [-0.05, 0) is 54.7 Å². The summed E-state index contributed by atoms with van der Waals surface area (Å²) in [5.74, 6) is -0.949. The average molecular weight is 362 g/mol. The van der Waals surface area contributed by atoms with E-state index < -0.39 is 5.97 Å². The van der Waals surface area contributed by atoms with Gasteiger partial charge in [0.2, 0.25) is 0 Å². The Balaban J connectivity index is 1.94. The maximum absolute atomic E-state index is 12.3. The SMILES string of the molecule is CCCCc1ccn(-c2ccc(-c3cccc(C)c3C(=O)O)cc2)c(=O)n1. The molecule has 3 rings (SSSR count). The molecule has 5 heteroatoms. The minimum atomic E-state index is -0.949. The molecule has 0 saturated carbocycles. The van der Waals surface area contributed by atoms with Gasteiger partial charge in [-0.2, -0.15) is 4.98 Å². The number of aryl methyl sites for hydroxylation is 2. The number of carboxylic acid groups (broad SMARTS) is 1. The highest BCUT2D eigenvalue weighted by Crippen LogP contribution is 2.27. The number of aromatic nitrogens is 2. The number of unbranched alkanes of at least 4 members (excludes halogenated alkanes) is 1. The molecule has 0 aliphatic carbocycles. The molecule has 1 N–H and O–H groups in total. The molecule has 138 valence electrons. The topological polar surface area (TPSA) is 72.2 Å². The van der Waals surface area contributed by atoms with Crippen molar-refractivity contribution in [1.82, 2.24) is 9.55 Å². The molecule has 3 aromatic rings. The van der Waals surface area contributed by atoms with Crippen LogP contribution in [0.1, 0.15) is 41.4 Å². The average Bonchev–Trinajstić information content (AvgIpc) is 2.66. The van der Waals surface area contributed by atoms with Gasteiger partial charge in [-0.15, -0.1) is 0 Å². The van der Waals surface area contributed by atoms with E-state index in [9.17, 15) is 14.7 Å². The van der Waals surface area contributed by atoms with Crippen LogP contribution < -0.4 is 5.69 Å². The van der Waals surface area contributed by atoms with Gasteiger partial charge in [0.05, 0.1) is 11.3 Å². The molecule has 0 unspecified atom stereocenters. The smallest absolute Gasteiger partial charge is 0.352 e. The second-order valence-corrected chi connectivity index (χ2v) is 6.52. The lowest BCUT2D eigenvalue weighted by Gasteiger charge is -2.11. The van der Waals surface area contributed by atoms with Gasteiger partial charge in [-0.25, -0.2) is 9.59 Å². The van der Waals surface area contributed by atoms with Gasteiger partial charge >= 0.3 is 11.7 Å². The molecule has 0 atom stereocenters. The van der Waals surface area contributed by atoms with Crippen molar-refractivity contribution >= 4 is 5.97 Å². The van der Waals surface area contributed by atoms with Gasteiger partial charge in [0, 0.05) is 11.9 Å². The molecule has 0 aliphatic heterocycles. The first-order valence-electron chi connectivity index (χ1n) is 9.03. The van der Waals surface area contributed by atoms with Crippen LogP contribution in [0.5, 0.6) is 0 Å². The summed E-state index contributed by atoms with van der Waals surface area (Å²) in [6, 6.07) is 14.6. The van der Waals surface area contributed by atoms with E-state index in [-0.39, 0.29) is 5.69 Å². The molecule has 5 nitrogen and oxygen atoms in total. The second-order valence-electron chi connectivity index (χ2n) is 6.52. The number of carbonyl (C=O) groups is 1. The van der Waals surface area contributed by atoms with Gasteiger partial charge in [0.25, 0.3) is 0 Å². The van der Waals surface area contributed by atoms with Crippen molar-refractivity contribution in [2.45, 2.75) is 33.1 Å². The lowest BCUT2D eigenvalue weighted by Crippen LogP contribution is -2.21. The summed E-state index contributed by atoms with van der Waals surface area (Å²) in [5, 5.41) is 9.51. The van der Waals surface area contributed by atoms with Crippen molar-refractivity contribution in [3.05, 3.63) is 82.0 Å². The van der Waals surface area contributed by atoms with Crippen molar-refractivity contribution in [3.8, 4) is 16.8 Å². The van der Waals surface area contributed by atoms with Crippen LogP contribution in [0.2, 0.25) is 0 Å². The van der Waals surface area contributed by atoms with Crippen molar-refractivity contribution in [2.24, 2.45) is 0 Å². The van der Waals surface area contributed by atoms with Crippen LogP contribution in [0.25, 0.3) is 16.8 Å². The van der Waals surface area contributed by atoms with E-state index in [0.717, 1.165) is 30.5 Å². The number of hydrogen-bond donors (Lipinski definition) is 1. The molecule has 0 saturated heterocycles. The zero-order valence-electron chi connectivity index (χ0n) is 15.5. The summed E-state index contributed by atoms with van der Waals surface area (Å²) in [5.41, 5.74) is 3.66. The van der Waals surface area contributed by atoms with Gasteiger partial charge in [0.1, 0.15) is 0 Å². The first-order valence-corrected chi connectivity index (χ1v) is 9.03. The molecule has 1 heterocycles. The Morgan fingerprint density at radius 3 is 2.48 bits per heavy atom. The van der Waals surface area contributed by atoms with E-state index in [2.05, 4.69) is 11.9 Å². The third-order valence-corrected chi connectivity index (χ3v) is 4.59. The predicted molar refractivity (Wildman–Crippen MR) is 106 cm³/mol. The number of rotatable bonds is 6. The molecule has 2 aromatic carbocycles. The van der Waals surface area contributed by atoms with E-state index in [1.165, 1.54) is 4.57 Å². The van der Waals surface area contributed by atoms with Crippen LogP contribution in [0.4, 0.5) is 0 Å². The van der Waals surface area contributed by atoms with E-state index >= 15 is 0 Å². The lowest BCUT2D eigenvalue weighted by molar-refractivity contribution is 0.0697. The third-order valence-electron chi connectivity index (χ3n) is 4.59. The number of aromatic carboxylic acids is 1. The summed E-state index contributed by atoms with van der Waals surface area (Å²) in [4.78, 5) is 28.1. The third kappa shape index (κ3) is 3.97. The largest absolute Gasteiger partial charge is 0.478 e. The van der Waals surface area contributed by atoms with E-state index in [1.807, 2.05) is 24.3 Å². The lowest BCUT2D eigenvalue weighted by atomic mass is 9.96. The zero-order valence-corrected chi connectivity index (χ0v) is 15.5. The highest BCUT2D eigenvalue weighted by Gasteiger charge is 2.14. The van der Waals surface area contributed by atoms with Gasteiger partial charge in [0.15, 0.2) is 0 Å². The first kappa shape index (κ1) is 18.6. The molecule has 0 amide bonds. The Hall–Kier alpha value is -3.21. The van der Waals surface area contributed by atoms with Crippen molar-refractivity contribution in [1.29, 1.82) is 0 Å². The molecule has 0 spiro atoms. The standard InChI is InChI=1S/C22H22N2O3/c1-3-4-7-17-13-14-24(22(27)23-17)18-11-9-16(10-12-18)19-8-5-6-15(2)20(19)21(25)26/h5-6,8-14H,3-4,7H2,1-2H3,(H,25,26).